The highest BCUT2D eigenvalue weighted by Gasteiger charge is 2.11. The lowest BCUT2D eigenvalue weighted by Gasteiger charge is -2.15. The summed E-state index contributed by atoms with van der Waals surface area (Å²) in [6.45, 7) is 0. The van der Waals surface area contributed by atoms with Gasteiger partial charge in [0, 0.05) is 16.8 Å². The van der Waals surface area contributed by atoms with Crippen LogP contribution in [-0.2, 0) is 0 Å². The highest BCUT2D eigenvalue weighted by molar-refractivity contribution is 5.96. The summed E-state index contributed by atoms with van der Waals surface area (Å²) in [5, 5.41) is 9.21. The third-order valence-corrected chi connectivity index (χ3v) is 4.65. The standard InChI is InChI=1S/C24H18N4/c1-2-11-18(12-3-1)25-23-24(28-22-15-7-6-14-21(22)27-23)26-20-16-8-10-17-9-4-5-13-19(17)20/h1-16H,(H,25,27)(H,26,28). The van der Waals surface area contributed by atoms with Crippen molar-refractivity contribution in [2.45, 2.75) is 0 Å². The molecule has 0 aliphatic heterocycles. The maximum atomic E-state index is 4.84. The first-order valence-electron chi connectivity index (χ1n) is 9.20. The Kier molecular flexibility index (Phi) is 4.07. The monoisotopic (exact) mass is 362 g/mol. The van der Waals surface area contributed by atoms with Gasteiger partial charge in [-0.2, -0.15) is 0 Å². The molecule has 5 aromatic rings. The summed E-state index contributed by atoms with van der Waals surface area (Å²) < 4.78 is 0. The fourth-order valence-corrected chi connectivity index (χ4v) is 3.29. The lowest BCUT2D eigenvalue weighted by Crippen LogP contribution is -2.03. The lowest BCUT2D eigenvalue weighted by atomic mass is 10.1. The van der Waals surface area contributed by atoms with Gasteiger partial charge in [0.05, 0.1) is 11.0 Å². The Morgan fingerprint density at radius 1 is 0.500 bits per heavy atom. The van der Waals surface area contributed by atoms with E-state index in [0.29, 0.717) is 11.6 Å². The van der Waals surface area contributed by atoms with Crippen LogP contribution in [0.5, 0.6) is 0 Å². The molecule has 2 N–H and O–H groups in total. The van der Waals surface area contributed by atoms with Crippen molar-refractivity contribution in [3.63, 3.8) is 0 Å². The van der Waals surface area contributed by atoms with E-state index in [1.165, 1.54) is 5.39 Å². The molecule has 0 saturated heterocycles. The molecule has 0 aliphatic rings. The van der Waals surface area contributed by atoms with E-state index >= 15 is 0 Å². The molecule has 0 aliphatic carbocycles. The number of anilines is 4. The Labute approximate surface area is 162 Å². The van der Waals surface area contributed by atoms with Crippen LogP contribution in [0.25, 0.3) is 21.8 Å². The Morgan fingerprint density at radius 3 is 1.89 bits per heavy atom. The first-order chi connectivity index (χ1) is 13.9. The number of para-hydroxylation sites is 3. The summed E-state index contributed by atoms with van der Waals surface area (Å²) in [6.07, 6.45) is 0. The van der Waals surface area contributed by atoms with Gasteiger partial charge in [-0.25, -0.2) is 9.97 Å². The number of rotatable bonds is 4. The predicted molar refractivity (Wildman–Crippen MR) is 116 cm³/mol. The Balaban J connectivity index is 1.63. The molecule has 0 radical (unpaired) electrons. The first-order valence-corrected chi connectivity index (χ1v) is 9.20. The summed E-state index contributed by atoms with van der Waals surface area (Å²) in [7, 11) is 0. The molecule has 4 nitrogen and oxygen atoms in total. The van der Waals surface area contributed by atoms with Crippen molar-refractivity contribution in [2.75, 3.05) is 10.6 Å². The van der Waals surface area contributed by atoms with E-state index in [9.17, 15) is 0 Å². The van der Waals surface area contributed by atoms with E-state index in [-0.39, 0.29) is 0 Å². The van der Waals surface area contributed by atoms with Crippen LogP contribution in [0.15, 0.2) is 97.1 Å². The van der Waals surface area contributed by atoms with Crippen LogP contribution in [0.2, 0.25) is 0 Å². The number of nitrogens with zero attached hydrogens (tertiary/aromatic N) is 2. The van der Waals surface area contributed by atoms with Crippen molar-refractivity contribution in [1.29, 1.82) is 0 Å². The van der Waals surface area contributed by atoms with Gasteiger partial charge in [-0.3, -0.25) is 0 Å². The van der Waals surface area contributed by atoms with E-state index in [1.807, 2.05) is 72.8 Å². The number of fused-ring (bicyclic) bond motifs is 2. The second kappa shape index (κ2) is 7.00. The van der Waals surface area contributed by atoms with Crippen LogP contribution in [-0.4, -0.2) is 9.97 Å². The molecule has 1 aromatic heterocycles. The number of aromatic nitrogens is 2. The highest BCUT2D eigenvalue weighted by atomic mass is 15.1. The molecular formula is C24H18N4. The van der Waals surface area contributed by atoms with Gasteiger partial charge in [-0.05, 0) is 35.7 Å². The van der Waals surface area contributed by atoms with Gasteiger partial charge in [0.25, 0.3) is 0 Å². The van der Waals surface area contributed by atoms with Crippen LogP contribution in [0.3, 0.4) is 0 Å². The van der Waals surface area contributed by atoms with Crippen molar-refractivity contribution in [1.82, 2.24) is 9.97 Å². The second-order valence-electron chi connectivity index (χ2n) is 6.55. The van der Waals surface area contributed by atoms with Crippen LogP contribution in [0.1, 0.15) is 0 Å². The molecule has 0 spiro atoms. The molecule has 28 heavy (non-hydrogen) atoms. The van der Waals surface area contributed by atoms with Crippen LogP contribution < -0.4 is 10.6 Å². The zero-order chi connectivity index (χ0) is 18.8. The third-order valence-electron chi connectivity index (χ3n) is 4.65. The molecule has 0 saturated carbocycles. The van der Waals surface area contributed by atoms with Crippen LogP contribution >= 0.6 is 0 Å². The molecule has 0 atom stereocenters. The van der Waals surface area contributed by atoms with Crippen molar-refractivity contribution < 1.29 is 0 Å². The molecule has 5 rings (SSSR count). The second-order valence-corrected chi connectivity index (χ2v) is 6.55. The summed E-state index contributed by atoms with van der Waals surface area (Å²) in [5.41, 5.74) is 3.67. The van der Waals surface area contributed by atoms with Crippen LogP contribution in [0.4, 0.5) is 23.0 Å². The smallest absolute Gasteiger partial charge is 0.174 e. The molecule has 0 unspecified atom stereocenters. The summed E-state index contributed by atoms with van der Waals surface area (Å²) >= 11 is 0. The molecule has 0 amide bonds. The van der Waals surface area contributed by atoms with E-state index < -0.39 is 0 Å². The maximum absolute atomic E-state index is 4.84. The van der Waals surface area contributed by atoms with Crippen molar-refractivity contribution in [3.05, 3.63) is 97.1 Å². The highest BCUT2D eigenvalue weighted by Crippen LogP contribution is 2.31. The van der Waals surface area contributed by atoms with Gasteiger partial charge in [0.2, 0.25) is 0 Å². The van der Waals surface area contributed by atoms with Crippen molar-refractivity contribution in [2.24, 2.45) is 0 Å². The molecule has 0 fully saturated rings. The molecule has 4 aromatic carbocycles. The van der Waals surface area contributed by atoms with Gasteiger partial charge < -0.3 is 10.6 Å². The maximum Gasteiger partial charge on any atom is 0.174 e. The van der Waals surface area contributed by atoms with Gasteiger partial charge >= 0.3 is 0 Å². The van der Waals surface area contributed by atoms with E-state index in [0.717, 1.165) is 27.8 Å². The quantitative estimate of drug-likeness (QED) is 0.395. The number of hydrogen-bond donors (Lipinski definition) is 2. The van der Waals surface area contributed by atoms with E-state index in [2.05, 4.69) is 34.9 Å². The molecule has 1 heterocycles. The Morgan fingerprint density at radius 2 is 1.11 bits per heavy atom. The van der Waals surface area contributed by atoms with Gasteiger partial charge in [-0.15, -0.1) is 0 Å². The SMILES string of the molecule is c1ccc(Nc2nc3ccccc3nc2Nc2cccc3ccccc23)cc1. The summed E-state index contributed by atoms with van der Waals surface area (Å²) in [4.78, 5) is 9.65. The topological polar surface area (TPSA) is 49.8 Å². The fourth-order valence-electron chi connectivity index (χ4n) is 3.29. The normalized spacial score (nSPS) is 10.9. The van der Waals surface area contributed by atoms with Gasteiger partial charge in [0.15, 0.2) is 11.6 Å². The predicted octanol–water partition coefficient (Wildman–Crippen LogP) is 6.27. The minimum Gasteiger partial charge on any atom is -0.337 e. The zero-order valence-electron chi connectivity index (χ0n) is 15.1. The third kappa shape index (κ3) is 3.12. The van der Waals surface area contributed by atoms with Gasteiger partial charge in [-0.1, -0.05) is 66.7 Å². The van der Waals surface area contributed by atoms with E-state index in [4.69, 9.17) is 9.97 Å². The number of nitrogens with one attached hydrogen (secondary N) is 2. The number of benzene rings is 4. The largest absolute Gasteiger partial charge is 0.337 e. The zero-order valence-corrected chi connectivity index (χ0v) is 15.1. The molecular weight excluding hydrogens is 344 g/mol. The van der Waals surface area contributed by atoms with Gasteiger partial charge in [0.1, 0.15) is 0 Å². The van der Waals surface area contributed by atoms with Crippen LogP contribution in [0, 0.1) is 0 Å². The average Bonchev–Trinajstić information content (AvgIpc) is 2.75. The minimum atomic E-state index is 0.692. The lowest BCUT2D eigenvalue weighted by molar-refractivity contribution is 1.27. The number of hydrogen-bond acceptors (Lipinski definition) is 4. The summed E-state index contributed by atoms with van der Waals surface area (Å²) in [5.74, 6) is 1.39. The summed E-state index contributed by atoms with van der Waals surface area (Å²) in [6, 6.07) is 32.4. The molecule has 134 valence electrons. The molecule has 4 heteroatoms. The van der Waals surface area contributed by atoms with E-state index in [1.54, 1.807) is 0 Å². The minimum absolute atomic E-state index is 0.692. The first kappa shape index (κ1) is 16.3. The fraction of sp³-hybridized carbons (Fsp3) is 0. The Bertz CT molecular complexity index is 1260. The van der Waals surface area contributed by atoms with Crippen molar-refractivity contribution >= 4 is 44.8 Å². The Hall–Kier alpha value is -3.92. The molecule has 0 bridgehead atoms. The average molecular weight is 362 g/mol. The van der Waals surface area contributed by atoms with Crippen molar-refractivity contribution in [3.8, 4) is 0 Å².